The van der Waals surface area contributed by atoms with Crippen LogP contribution >= 0.6 is 0 Å². The maximum absolute atomic E-state index is 3.77. The van der Waals surface area contributed by atoms with Gasteiger partial charge in [-0.15, -0.1) is 0 Å². The molecule has 0 amide bonds. The van der Waals surface area contributed by atoms with Crippen molar-refractivity contribution in [1.82, 2.24) is 10.2 Å². The van der Waals surface area contributed by atoms with E-state index >= 15 is 0 Å². The number of hydrogen-bond donors (Lipinski definition) is 1. The van der Waals surface area contributed by atoms with Crippen molar-refractivity contribution in [2.45, 2.75) is 89.3 Å². The Morgan fingerprint density at radius 1 is 0.947 bits per heavy atom. The summed E-state index contributed by atoms with van der Waals surface area (Å²) in [6.45, 7) is 5.01. The first-order valence-corrected chi connectivity index (χ1v) is 8.86. The predicted octanol–water partition coefficient (Wildman–Crippen LogP) is 3.56. The molecule has 0 aromatic carbocycles. The van der Waals surface area contributed by atoms with Gasteiger partial charge in [-0.25, -0.2) is 0 Å². The summed E-state index contributed by atoms with van der Waals surface area (Å²) in [4.78, 5) is 2.89. The fourth-order valence-corrected chi connectivity index (χ4v) is 4.20. The van der Waals surface area contributed by atoms with Gasteiger partial charge in [-0.05, 0) is 63.8 Å². The third-order valence-corrected chi connectivity index (χ3v) is 5.75. The molecular formula is C17H32N2. The summed E-state index contributed by atoms with van der Waals surface area (Å²) in [7, 11) is 0. The highest BCUT2D eigenvalue weighted by molar-refractivity contribution is 4.89. The Balaban J connectivity index is 1.50. The van der Waals surface area contributed by atoms with Crippen LogP contribution < -0.4 is 5.32 Å². The average Bonchev–Trinajstić information content (AvgIpc) is 3.30. The second-order valence-electron chi connectivity index (χ2n) is 7.15. The monoisotopic (exact) mass is 264 g/mol. The quantitative estimate of drug-likeness (QED) is 0.817. The van der Waals surface area contributed by atoms with E-state index < -0.39 is 0 Å². The van der Waals surface area contributed by atoms with E-state index in [4.69, 9.17) is 0 Å². The molecule has 0 radical (unpaired) electrons. The molecule has 2 aliphatic carbocycles. The SMILES string of the molecule is CCC1CCC(N2CCCCC2CNC2CC2)CC1. The van der Waals surface area contributed by atoms with Crippen LogP contribution in [0.3, 0.4) is 0 Å². The van der Waals surface area contributed by atoms with Crippen LogP contribution in [0.4, 0.5) is 0 Å². The van der Waals surface area contributed by atoms with Gasteiger partial charge in [0.2, 0.25) is 0 Å². The summed E-state index contributed by atoms with van der Waals surface area (Å²) < 4.78 is 0. The van der Waals surface area contributed by atoms with Crippen LogP contribution in [0.5, 0.6) is 0 Å². The molecule has 110 valence electrons. The van der Waals surface area contributed by atoms with E-state index in [2.05, 4.69) is 17.1 Å². The number of rotatable bonds is 5. The molecule has 0 spiro atoms. The molecule has 2 heteroatoms. The molecule has 1 aliphatic heterocycles. The minimum Gasteiger partial charge on any atom is -0.312 e. The van der Waals surface area contributed by atoms with E-state index in [-0.39, 0.29) is 0 Å². The molecule has 2 saturated carbocycles. The van der Waals surface area contributed by atoms with E-state index in [0.29, 0.717) is 0 Å². The Morgan fingerprint density at radius 2 is 1.74 bits per heavy atom. The highest BCUT2D eigenvalue weighted by Crippen LogP contribution is 2.32. The van der Waals surface area contributed by atoms with Gasteiger partial charge in [0.25, 0.3) is 0 Å². The number of nitrogens with one attached hydrogen (secondary N) is 1. The fraction of sp³-hybridized carbons (Fsp3) is 1.00. The van der Waals surface area contributed by atoms with Gasteiger partial charge >= 0.3 is 0 Å². The van der Waals surface area contributed by atoms with E-state index in [0.717, 1.165) is 24.0 Å². The predicted molar refractivity (Wildman–Crippen MR) is 81.4 cm³/mol. The van der Waals surface area contributed by atoms with Crippen molar-refractivity contribution >= 4 is 0 Å². The van der Waals surface area contributed by atoms with Crippen molar-refractivity contribution in [3.05, 3.63) is 0 Å². The highest BCUT2D eigenvalue weighted by atomic mass is 15.2. The van der Waals surface area contributed by atoms with E-state index in [1.165, 1.54) is 77.3 Å². The number of likely N-dealkylation sites (tertiary alicyclic amines) is 1. The van der Waals surface area contributed by atoms with Crippen molar-refractivity contribution in [3.8, 4) is 0 Å². The summed E-state index contributed by atoms with van der Waals surface area (Å²) in [6.07, 6.45) is 14.5. The smallest absolute Gasteiger partial charge is 0.0223 e. The van der Waals surface area contributed by atoms with Crippen molar-refractivity contribution < 1.29 is 0 Å². The molecule has 0 aromatic rings. The molecule has 1 atom stereocenters. The Hall–Kier alpha value is -0.0800. The van der Waals surface area contributed by atoms with Crippen LogP contribution in [0.25, 0.3) is 0 Å². The molecule has 2 nitrogen and oxygen atoms in total. The van der Waals surface area contributed by atoms with Crippen LogP contribution in [-0.4, -0.2) is 36.1 Å². The maximum atomic E-state index is 3.77. The lowest BCUT2D eigenvalue weighted by atomic mass is 9.82. The van der Waals surface area contributed by atoms with Crippen molar-refractivity contribution in [2.24, 2.45) is 5.92 Å². The van der Waals surface area contributed by atoms with Gasteiger partial charge in [0.15, 0.2) is 0 Å². The van der Waals surface area contributed by atoms with Crippen molar-refractivity contribution in [2.75, 3.05) is 13.1 Å². The third-order valence-electron chi connectivity index (χ3n) is 5.75. The van der Waals surface area contributed by atoms with Gasteiger partial charge in [-0.1, -0.05) is 19.8 Å². The van der Waals surface area contributed by atoms with E-state index in [1.54, 1.807) is 0 Å². The molecule has 3 aliphatic rings. The summed E-state index contributed by atoms with van der Waals surface area (Å²) in [5.74, 6) is 1.03. The first-order valence-electron chi connectivity index (χ1n) is 8.86. The number of hydrogen-bond acceptors (Lipinski definition) is 2. The number of nitrogens with zero attached hydrogens (tertiary/aromatic N) is 1. The summed E-state index contributed by atoms with van der Waals surface area (Å²) >= 11 is 0. The summed E-state index contributed by atoms with van der Waals surface area (Å²) in [5.41, 5.74) is 0. The normalized spacial score (nSPS) is 37.4. The molecule has 1 unspecified atom stereocenters. The van der Waals surface area contributed by atoms with Crippen molar-refractivity contribution in [1.29, 1.82) is 0 Å². The van der Waals surface area contributed by atoms with Crippen LogP contribution in [0, 0.1) is 5.92 Å². The van der Waals surface area contributed by atoms with Crippen LogP contribution in [0.2, 0.25) is 0 Å². The van der Waals surface area contributed by atoms with Gasteiger partial charge in [0, 0.05) is 24.7 Å². The Bertz CT molecular complexity index is 266. The Labute approximate surface area is 119 Å². The van der Waals surface area contributed by atoms with Gasteiger partial charge < -0.3 is 5.32 Å². The lowest BCUT2D eigenvalue weighted by Crippen LogP contribution is -2.51. The highest BCUT2D eigenvalue weighted by Gasteiger charge is 2.32. The topological polar surface area (TPSA) is 15.3 Å². The molecule has 0 bridgehead atoms. The van der Waals surface area contributed by atoms with Crippen molar-refractivity contribution in [3.63, 3.8) is 0 Å². The summed E-state index contributed by atoms with van der Waals surface area (Å²) in [5, 5.41) is 3.77. The number of piperidine rings is 1. The van der Waals surface area contributed by atoms with Gasteiger partial charge in [-0.3, -0.25) is 4.90 Å². The van der Waals surface area contributed by atoms with Gasteiger partial charge in [0.05, 0.1) is 0 Å². The minimum atomic E-state index is 0.845. The maximum Gasteiger partial charge on any atom is 0.0223 e. The van der Waals surface area contributed by atoms with Crippen LogP contribution in [-0.2, 0) is 0 Å². The molecule has 19 heavy (non-hydrogen) atoms. The van der Waals surface area contributed by atoms with Crippen LogP contribution in [0.1, 0.15) is 71.1 Å². The third kappa shape index (κ3) is 3.72. The largest absolute Gasteiger partial charge is 0.312 e. The second kappa shape index (κ2) is 6.58. The summed E-state index contributed by atoms with van der Waals surface area (Å²) in [6, 6.07) is 2.63. The average molecular weight is 264 g/mol. The zero-order valence-electron chi connectivity index (χ0n) is 12.7. The molecular weight excluding hydrogens is 232 g/mol. The van der Waals surface area contributed by atoms with E-state index in [9.17, 15) is 0 Å². The lowest BCUT2D eigenvalue weighted by Gasteiger charge is -2.44. The lowest BCUT2D eigenvalue weighted by molar-refractivity contribution is 0.0617. The van der Waals surface area contributed by atoms with Gasteiger partial charge in [-0.2, -0.15) is 0 Å². The molecule has 0 aromatic heterocycles. The fourth-order valence-electron chi connectivity index (χ4n) is 4.20. The first-order chi connectivity index (χ1) is 9.36. The van der Waals surface area contributed by atoms with Crippen LogP contribution in [0.15, 0.2) is 0 Å². The molecule has 1 heterocycles. The zero-order chi connectivity index (χ0) is 13.1. The first kappa shape index (κ1) is 13.9. The Kier molecular flexibility index (Phi) is 4.81. The Morgan fingerprint density at radius 3 is 2.42 bits per heavy atom. The van der Waals surface area contributed by atoms with Gasteiger partial charge in [0.1, 0.15) is 0 Å². The molecule has 3 fully saturated rings. The molecule has 3 rings (SSSR count). The molecule has 1 N–H and O–H groups in total. The minimum absolute atomic E-state index is 0.845. The standard InChI is InChI=1S/C17H32N2/c1-2-14-6-10-16(11-7-14)19-12-4-3-5-17(19)13-18-15-8-9-15/h14-18H,2-13H2,1H3. The van der Waals surface area contributed by atoms with E-state index in [1.807, 2.05) is 0 Å². The second-order valence-corrected chi connectivity index (χ2v) is 7.15. The molecule has 1 saturated heterocycles. The zero-order valence-corrected chi connectivity index (χ0v) is 12.7.